The molecule has 1 N–H and O–H groups in total. The zero-order chi connectivity index (χ0) is 21.6. The number of piperidine rings is 1. The molecule has 1 aromatic carbocycles. The van der Waals surface area contributed by atoms with E-state index in [1.807, 2.05) is 44.3 Å². The summed E-state index contributed by atoms with van der Waals surface area (Å²) >= 11 is 1.58. The minimum Gasteiger partial charge on any atom is -0.357 e. The summed E-state index contributed by atoms with van der Waals surface area (Å²) in [7, 11) is 0. The highest BCUT2D eigenvalue weighted by atomic mass is 32.2. The first-order chi connectivity index (χ1) is 15.1. The van der Waals surface area contributed by atoms with Gasteiger partial charge in [0.25, 0.3) is 5.91 Å². The molecule has 0 unspecified atom stereocenters. The average Bonchev–Trinajstić information content (AvgIpc) is 2.78. The topological polar surface area (TPSA) is 58.1 Å². The number of carbonyl (C=O) groups excluding carboxylic acids is 1. The van der Waals surface area contributed by atoms with Crippen LogP contribution in [0, 0.1) is 13.8 Å². The lowest BCUT2D eigenvalue weighted by atomic mass is 10.1. The van der Waals surface area contributed by atoms with Gasteiger partial charge in [0.05, 0.1) is 5.56 Å². The number of amides is 1. The van der Waals surface area contributed by atoms with Crippen LogP contribution in [-0.4, -0.2) is 29.0 Å². The lowest BCUT2D eigenvalue weighted by Gasteiger charge is -2.27. The molecule has 0 aliphatic carbocycles. The smallest absolute Gasteiger partial charge is 0.258 e. The second-order valence-corrected chi connectivity index (χ2v) is 9.01. The quantitative estimate of drug-likeness (QED) is 0.512. The normalized spacial score (nSPS) is 13.8. The van der Waals surface area contributed by atoms with E-state index in [2.05, 4.69) is 32.3 Å². The summed E-state index contributed by atoms with van der Waals surface area (Å²) in [5.74, 6) is 1.65. The van der Waals surface area contributed by atoms with Crippen molar-refractivity contribution in [2.75, 3.05) is 23.3 Å². The number of thioether (sulfide) groups is 1. The van der Waals surface area contributed by atoms with Crippen LogP contribution in [0.5, 0.6) is 0 Å². The van der Waals surface area contributed by atoms with Gasteiger partial charge >= 0.3 is 0 Å². The predicted octanol–water partition coefficient (Wildman–Crippen LogP) is 5.63. The van der Waals surface area contributed by atoms with Crippen molar-refractivity contribution in [1.82, 2.24) is 9.97 Å². The van der Waals surface area contributed by atoms with Crippen LogP contribution in [0.2, 0.25) is 0 Å². The fourth-order valence-electron chi connectivity index (χ4n) is 3.92. The minimum atomic E-state index is -0.135. The number of nitrogens with one attached hydrogen (secondary N) is 1. The van der Waals surface area contributed by atoms with Crippen molar-refractivity contribution in [3.8, 4) is 0 Å². The molecule has 0 radical (unpaired) electrons. The molecule has 3 aromatic rings. The van der Waals surface area contributed by atoms with E-state index in [1.165, 1.54) is 24.8 Å². The first-order valence-electron chi connectivity index (χ1n) is 10.8. The minimum absolute atomic E-state index is 0.135. The van der Waals surface area contributed by atoms with Crippen molar-refractivity contribution in [3.05, 3.63) is 77.1 Å². The number of hydrogen-bond donors (Lipinski definition) is 1. The van der Waals surface area contributed by atoms with Crippen LogP contribution in [-0.2, 0) is 5.75 Å². The molecule has 5 nitrogen and oxygen atoms in total. The molecule has 6 heteroatoms. The molecule has 0 atom stereocenters. The molecule has 0 bridgehead atoms. The molecule has 0 saturated carbocycles. The van der Waals surface area contributed by atoms with Gasteiger partial charge in [-0.2, -0.15) is 0 Å². The average molecular weight is 433 g/mol. The van der Waals surface area contributed by atoms with E-state index in [9.17, 15) is 4.79 Å². The molecule has 4 rings (SSSR count). The van der Waals surface area contributed by atoms with E-state index in [4.69, 9.17) is 0 Å². The zero-order valence-corrected chi connectivity index (χ0v) is 18.9. The summed E-state index contributed by atoms with van der Waals surface area (Å²) in [6.07, 6.45) is 7.38. The van der Waals surface area contributed by atoms with Crippen molar-refractivity contribution >= 4 is 29.2 Å². The molecule has 1 saturated heterocycles. The van der Waals surface area contributed by atoms with E-state index in [1.54, 1.807) is 24.0 Å². The van der Waals surface area contributed by atoms with Crippen LogP contribution >= 0.6 is 11.8 Å². The van der Waals surface area contributed by atoms with Crippen LogP contribution in [0.4, 0.5) is 11.5 Å². The van der Waals surface area contributed by atoms with Crippen LogP contribution in [0.25, 0.3) is 0 Å². The van der Waals surface area contributed by atoms with E-state index in [-0.39, 0.29) is 5.91 Å². The molecule has 0 spiro atoms. The summed E-state index contributed by atoms with van der Waals surface area (Å²) in [6.45, 7) is 6.21. The standard InChI is InChI=1S/C25H28N4OS/c1-18-13-19(2)15-21(14-18)28-24(30)22-7-6-9-27-25(22)31-17-20-8-10-26-23(16-20)29-11-4-3-5-12-29/h6-10,13-16H,3-5,11-12,17H2,1-2H3,(H,28,30). The van der Waals surface area contributed by atoms with Gasteiger partial charge in [0.1, 0.15) is 10.8 Å². The van der Waals surface area contributed by atoms with Crippen molar-refractivity contribution in [2.24, 2.45) is 0 Å². The van der Waals surface area contributed by atoms with E-state index < -0.39 is 0 Å². The Hall–Kier alpha value is -2.86. The predicted molar refractivity (Wildman–Crippen MR) is 128 cm³/mol. The van der Waals surface area contributed by atoms with Gasteiger partial charge < -0.3 is 10.2 Å². The first-order valence-corrected chi connectivity index (χ1v) is 11.7. The van der Waals surface area contributed by atoms with Gasteiger partial charge in [-0.1, -0.05) is 6.07 Å². The second-order valence-electron chi connectivity index (χ2n) is 8.05. The Balaban J connectivity index is 1.46. The molecule has 1 fully saturated rings. The number of nitrogens with zero attached hydrogens (tertiary/aromatic N) is 3. The highest BCUT2D eigenvalue weighted by Gasteiger charge is 2.15. The Labute approximate surface area is 188 Å². The molecular weight excluding hydrogens is 404 g/mol. The van der Waals surface area contributed by atoms with E-state index in [0.717, 1.165) is 46.5 Å². The molecule has 3 heterocycles. The van der Waals surface area contributed by atoms with E-state index in [0.29, 0.717) is 5.56 Å². The van der Waals surface area contributed by atoms with Crippen LogP contribution in [0.1, 0.15) is 46.3 Å². The Kier molecular flexibility index (Phi) is 6.87. The monoisotopic (exact) mass is 432 g/mol. The fourth-order valence-corrected chi connectivity index (χ4v) is 4.86. The number of rotatable bonds is 6. The molecule has 2 aromatic heterocycles. The van der Waals surface area contributed by atoms with Crippen molar-refractivity contribution in [2.45, 2.75) is 43.9 Å². The van der Waals surface area contributed by atoms with Gasteiger partial charge in [-0.05, 0) is 86.2 Å². The van der Waals surface area contributed by atoms with Crippen LogP contribution in [0.3, 0.4) is 0 Å². The Morgan fingerprint density at radius 3 is 2.55 bits per heavy atom. The highest BCUT2D eigenvalue weighted by molar-refractivity contribution is 7.98. The highest BCUT2D eigenvalue weighted by Crippen LogP contribution is 2.27. The number of carbonyl (C=O) groups is 1. The number of anilines is 2. The third-order valence-electron chi connectivity index (χ3n) is 5.36. The Bertz CT molecular complexity index is 1040. The summed E-state index contributed by atoms with van der Waals surface area (Å²) in [4.78, 5) is 24.4. The summed E-state index contributed by atoms with van der Waals surface area (Å²) in [6, 6.07) is 13.9. The number of pyridine rings is 2. The summed E-state index contributed by atoms with van der Waals surface area (Å²) < 4.78 is 0. The third-order valence-corrected chi connectivity index (χ3v) is 6.44. The maximum atomic E-state index is 12.9. The van der Waals surface area contributed by atoms with Gasteiger partial charge in [0.15, 0.2) is 0 Å². The molecule has 1 aliphatic heterocycles. The van der Waals surface area contributed by atoms with Crippen LogP contribution in [0.15, 0.2) is 59.9 Å². The number of aromatic nitrogens is 2. The lowest BCUT2D eigenvalue weighted by Crippen LogP contribution is -2.30. The molecule has 1 amide bonds. The molecule has 160 valence electrons. The molecular formula is C25H28N4OS. The van der Waals surface area contributed by atoms with Crippen molar-refractivity contribution in [3.63, 3.8) is 0 Å². The number of benzene rings is 1. The zero-order valence-electron chi connectivity index (χ0n) is 18.1. The maximum Gasteiger partial charge on any atom is 0.258 e. The van der Waals surface area contributed by atoms with Crippen molar-refractivity contribution in [1.29, 1.82) is 0 Å². The van der Waals surface area contributed by atoms with Gasteiger partial charge in [0, 0.05) is 36.9 Å². The van der Waals surface area contributed by atoms with Gasteiger partial charge in [0.2, 0.25) is 0 Å². The SMILES string of the molecule is Cc1cc(C)cc(NC(=O)c2cccnc2SCc2ccnc(N3CCCCC3)c2)c1. The number of hydrogen-bond acceptors (Lipinski definition) is 5. The Morgan fingerprint density at radius 1 is 1.00 bits per heavy atom. The molecule has 1 aliphatic rings. The van der Waals surface area contributed by atoms with E-state index >= 15 is 0 Å². The first kappa shape index (κ1) is 21.4. The maximum absolute atomic E-state index is 12.9. The lowest BCUT2D eigenvalue weighted by molar-refractivity contribution is 0.102. The Morgan fingerprint density at radius 2 is 1.77 bits per heavy atom. The molecule has 31 heavy (non-hydrogen) atoms. The van der Waals surface area contributed by atoms with Gasteiger partial charge in [-0.25, -0.2) is 9.97 Å². The summed E-state index contributed by atoms with van der Waals surface area (Å²) in [5, 5.41) is 3.76. The van der Waals surface area contributed by atoms with Gasteiger partial charge in [-0.15, -0.1) is 11.8 Å². The van der Waals surface area contributed by atoms with Crippen LogP contribution < -0.4 is 10.2 Å². The van der Waals surface area contributed by atoms with Crippen molar-refractivity contribution < 1.29 is 4.79 Å². The summed E-state index contributed by atoms with van der Waals surface area (Å²) in [5.41, 5.74) is 4.84. The fraction of sp³-hybridized carbons (Fsp3) is 0.320. The third kappa shape index (κ3) is 5.64. The largest absolute Gasteiger partial charge is 0.357 e. The van der Waals surface area contributed by atoms with Gasteiger partial charge in [-0.3, -0.25) is 4.79 Å². The second kappa shape index (κ2) is 9.96. The number of aryl methyl sites for hydroxylation is 2.